The molecule has 0 aliphatic carbocycles. The van der Waals surface area contributed by atoms with Gasteiger partial charge in [0.05, 0.1) is 0 Å². The molecule has 0 rings (SSSR count). The van der Waals surface area contributed by atoms with Gasteiger partial charge in [-0.15, -0.1) is 11.6 Å². The van der Waals surface area contributed by atoms with Crippen molar-refractivity contribution in [2.24, 2.45) is 5.73 Å². The largest absolute Gasteiger partial charge is 0.355 e. The molecule has 0 saturated carbocycles. The molecule has 11 heavy (non-hydrogen) atoms. The molecule has 0 radical (unpaired) electrons. The van der Waals surface area contributed by atoms with Crippen LogP contribution in [0.3, 0.4) is 0 Å². The zero-order chi connectivity index (χ0) is 8.53. The Hall–Kier alpha value is -0.280. The Balaban J connectivity index is 3.09. The van der Waals surface area contributed by atoms with Crippen molar-refractivity contribution in [3.8, 4) is 0 Å². The number of carbonyl (C=O) groups excluding carboxylic acids is 1. The van der Waals surface area contributed by atoms with Crippen LogP contribution in [0.2, 0.25) is 0 Å². The molecule has 0 bridgehead atoms. The molecule has 3 nitrogen and oxygen atoms in total. The van der Waals surface area contributed by atoms with Gasteiger partial charge in [-0.25, -0.2) is 0 Å². The molecule has 0 aromatic heterocycles. The van der Waals surface area contributed by atoms with E-state index in [0.717, 1.165) is 12.8 Å². The van der Waals surface area contributed by atoms with Crippen LogP contribution in [0.15, 0.2) is 0 Å². The normalized spacial score (nSPS) is 9.64. The molecule has 0 spiro atoms. The molecular formula is C7H15ClN2O. The Bertz CT molecular complexity index is 109. The van der Waals surface area contributed by atoms with Gasteiger partial charge in [0.15, 0.2) is 0 Å². The summed E-state index contributed by atoms with van der Waals surface area (Å²) in [7, 11) is 0. The number of halogens is 1. The third kappa shape index (κ3) is 7.62. The van der Waals surface area contributed by atoms with Crippen LogP contribution in [0, 0.1) is 0 Å². The van der Waals surface area contributed by atoms with Crippen LogP contribution in [0.1, 0.15) is 19.3 Å². The lowest BCUT2D eigenvalue weighted by Gasteiger charge is -2.00. The number of carbonyl (C=O) groups is 1. The lowest BCUT2D eigenvalue weighted by atomic mass is 10.2. The van der Waals surface area contributed by atoms with Gasteiger partial charge < -0.3 is 11.1 Å². The van der Waals surface area contributed by atoms with E-state index < -0.39 is 0 Å². The van der Waals surface area contributed by atoms with Gasteiger partial charge in [-0.3, -0.25) is 4.79 Å². The lowest BCUT2D eigenvalue weighted by molar-refractivity contribution is -0.121. The fourth-order valence-electron chi connectivity index (χ4n) is 0.705. The van der Waals surface area contributed by atoms with Crippen molar-refractivity contribution >= 4 is 17.5 Å². The van der Waals surface area contributed by atoms with Crippen LogP contribution in [-0.2, 0) is 4.79 Å². The number of rotatable bonds is 6. The molecule has 66 valence electrons. The average Bonchev–Trinajstić information content (AvgIpc) is 2.01. The number of alkyl halides is 1. The predicted molar refractivity (Wildman–Crippen MR) is 46.6 cm³/mol. The second kappa shape index (κ2) is 7.82. The highest BCUT2D eigenvalue weighted by atomic mass is 35.5. The highest BCUT2D eigenvalue weighted by Gasteiger charge is 1.97. The minimum Gasteiger partial charge on any atom is -0.355 e. The number of nitrogens with two attached hydrogens (primary N) is 1. The Morgan fingerprint density at radius 3 is 2.73 bits per heavy atom. The van der Waals surface area contributed by atoms with Gasteiger partial charge in [-0.2, -0.15) is 0 Å². The van der Waals surface area contributed by atoms with Gasteiger partial charge in [-0.1, -0.05) is 0 Å². The summed E-state index contributed by atoms with van der Waals surface area (Å²) >= 11 is 5.37. The molecule has 3 N–H and O–H groups in total. The van der Waals surface area contributed by atoms with Gasteiger partial charge in [0, 0.05) is 18.8 Å². The molecule has 1 amide bonds. The molecule has 0 saturated heterocycles. The summed E-state index contributed by atoms with van der Waals surface area (Å²) in [4.78, 5) is 10.9. The number of hydrogen-bond acceptors (Lipinski definition) is 2. The summed E-state index contributed by atoms with van der Waals surface area (Å²) in [5.41, 5.74) is 5.26. The van der Waals surface area contributed by atoms with Crippen molar-refractivity contribution < 1.29 is 4.79 Å². The van der Waals surface area contributed by atoms with Crippen LogP contribution in [0.5, 0.6) is 0 Å². The molecule has 0 unspecified atom stereocenters. The zero-order valence-corrected chi connectivity index (χ0v) is 7.36. The maximum atomic E-state index is 10.9. The van der Waals surface area contributed by atoms with Crippen molar-refractivity contribution in [3.05, 3.63) is 0 Å². The van der Waals surface area contributed by atoms with Gasteiger partial charge in [0.2, 0.25) is 5.91 Å². The first kappa shape index (κ1) is 10.7. The van der Waals surface area contributed by atoms with E-state index in [1.807, 2.05) is 0 Å². The van der Waals surface area contributed by atoms with Gasteiger partial charge >= 0.3 is 0 Å². The Labute approximate surface area is 72.3 Å². The van der Waals surface area contributed by atoms with E-state index in [4.69, 9.17) is 17.3 Å². The minimum atomic E-state index is 0.0686. The molecule has 0 heterocycles. The van der Waals surface area contributed by atoms with E-state index in [2.05, 4.69) is 5.32 Å². The van der Waals surface area contributed by atoms with E-state index >= 15 is 0 Å². The van der Waals surface area contributed by atoms with Gasteiger partial charge in [0.1, 0.15) is 0 Å². The molecule has 4 heteroatoms. The topological polar surface area (TPSA) is 55.1 Å². The van der Waals surface area contributed by atoms with Crippen LogP contribution in [0.4, 0.5) is 0 Å². The first-order valence-corrected chi connectivity index (χ1v) is 4.37. The molecule has 0 atom stereocenters. The van der Waals surface area contributed by atoms with E-state index in [1.54, 1.807) is 0 Å². The highest BCUT2D eigenvalue weighted by molar-refractivity contribution is 6.18. The zero-order valence-electron chi connectivity index (χ0n) is 6.61. The van der Waals surface area contributed by atoms with Crippen LogP contribution < -0.4 is 11.1 Å². The van der Waals surface area contributed by atoms with Crippen LogP contribution in [0.25, 0.3) is 0 Å². The minimum absolute atomic E-state index is 0.0686. The Kier molecular flexibility index (Phi) is 7.62. The van der Waals surface area contributed by atoms with Gasteiger partial charge in [0.25, 0.3) is 0 Å². The standard InChI is InChI=1S/C7H15ClN2O/c8-4-6-10-7(11)3-1-2-5-9/h1-6,9H2,(H,10,11). The van der Waals surface area contributed by atoms with Crippen molar-refractivity contribution in [2.75, 3.05) is 19.0 Å². The van der Waals surface area contributed by atoms with E-state index in [1.165, 1.54) is 0 Å². The summed E-state index contributed by atoms with van der Waals surface area (Å²) in [6.45, 7) is 1.21. The number of hydrogen-bond donors (Lipinski definition) is 2. The second-order valence-electron chi connectivity index (χ2n) is 2.28. The molecular weight excluding hydrogens is 164 g/mol. The highest BCUT2D eigenvalue weighted by Crippen LogP contribution is 1.92. The molecule has 0 aromatic rings. The van der Waals surface area contributed by atoms with Crippen molar-refractivity contribution in [1.29, 1.82) is 0 Å². The summed E-state index contributed by atoms with van der Waals surface area (Å²) in [5.74, 6) is 0.543. The molecule has 0 aliphatic rings. The van der Waals surface area contributed by atoms with Crippen molar-refractivity contribution in [3.63, 3.8) is 0 Å². The fraction of sp³-hybridized carbons (Fsp3) is 0.857. The van der Waals surface area contributed by atoms with Gasteiger partial charge in [-0.05, 0) is 19.4 Å². The van der Waals surface area contributed by atoms with Crippen molar-refractivity contribution in [1.82, 2.24) is 5.32 Å². The monoisotopic (exact) mass is 178 g/mol. The summed E-state index contributed by atoms with van der Waals surface area (Å²) in [5, 5.41) is 2.68. The quantitative estimate of drug-likeness (QED) is 0.459. The third-order valence-electron chi connectivity index (χ3n) is 1.27. The molecule has 0 fully saturated rings. The maximum Gasteiger partial charge on any atom is 0.220 e. The summed E-state index contributed by atoms with van der Waals surface area (Å²) in [6.07, 6.45) is 2.34. The smallest absolute Gasteiger partial charge is 0.220 e. The first-order chi connectivity index (χ1) is 5.31. The second-order valence-corrected chi connectivity index (χ2v) is 2.66. The summed E-state index contributed by atoms with van der Waals surface area (Å²) < 4.78 is 0. The third-order valence-corrected chi connectivity index (χ3v) is 1.46. The van der Waals surface area contributed by atoms with Crippen LogP contribution in [-0.4, -0.2) is 24.9 Å². The van der Waals surface area contributed by atoms with E-state index in [9.17, 15) is 4.79 Å². The fourth-order valence-corrected chi connectivity index (χ4v) is 0.799. The predicted octanol–water partition coefficient (Wildman–Crippen LogP) is 0.470. The van der Waals surface area contributed by atoms with Crippen molar-refractivity contribution in [2.45, 2.75) is 19.3 Å². The first-order valence-electron chi connectivity index (χ1n) is 3.84. The van der Waals surface area contributed by atoms with E-state index in [-0.39, 0.29) is 5.91 Å². The summed E-state index contributed by atoms with van der Waals surface area (Å²) in [6, 6.07) is 0. The SMILES string of the molecule is NCCCCC(=O)NCCCl. The number of unbranched alkanes of at least 4 members (excludes halogenated alkanes) is 1. The van der Waals surface area contributed by atoms with E-state index in [0.29, 0.717) is 25.4 Å². The number of nitrogens with one attached hydrogen (secondary N) is 1. The Morgan fingerprint density at radius 2 is 2.18 bits per heavy atom. The maximum absolute atomic E-state index is 10.9. The average molecular weight is 179 g/mol. The Morgan fingerprint density at radius 1 is 1.45 bits per heavy atom. The lowest BCUT2D eigenvalue weighted by Crippen LogP contribution is -2.24. The van der Waals surface area contributed by atoms with Crippen LogP contribution >= 0.6 is 11.6 Å². The molecule has 0 aromatic carbocycles. The number of amides is 1. The molecule has 0 aliphatic heterocycles.